The molecule has 1 fully saturated rings. The first kappa shape index (κ1) is 15.4. The van der Waals surface area contributed by atoms with Gasteiger partial charge in [-0.2, -0.15) is 0 Å². The van der Waals surface area contributed by atoms with E-state index in [1.807, 2.05) is 6.92 Å². The molecule has 3 rings (SSSR count). The van der Waals surface area contributed by atoms with Crippen molar-refractivity contribution in [3.63, 3.8) is 0 Å². The third-order valence-electron chi connectivity index (χ3n) is 5.00. The SMILES string of the molecule is CCC1(Cn2c(C(C)Cl)nc3cc(Br)ccc32)CCCC1. The molecule has 2 aromatic rings. The summed E-state index contributed by atoms with van der Waals surface area (Å²) in [6.07, 6.45) is 6.61. The number of imidazole rings is 1. The first-order chi connectivity index (χ1) is 10.0. The molecule has 1 saturated carbocycles. The van der Waals surface area contributed by atoms with E-state index in [2.05, 4.69) is 45.6 Å². The van der Waals surface area contributed by atoms with Crippen LogP contribution >= 0.6 is 27.5 Å². The van der Waals surface area contributed by atoms with Crippen LogP contribution in [-0.4, -0.2) is 9.55 Å². The third kappa shape index (κ3) is 2.87. The third-order valence-corrected chi connectivity index (χ3v) is 5.69. The first-order valence-electron chi connectivity index (χ1n) is 7.84. The van der Waals surface area contributed by atoms with Crippen LogP contribution in [0.5, 0.6) is 0 Å². The number of hydrogen-bond donors (Lipinski definition) is 0. The maximum absolute atomic E-state index is 6.40. The summed E-state index contributed by atoms with van der Waals surface area (Å²) in [5.41, 5.74) is 2.68. The van der Waals surface area contributed by atoms with Gasteiger partial charge in [-0.3, -0.25) is 0 Å². The minimum absolute atomic E-state index is 0.0634. The lowest BCUT2D eigenvalue weighted by Gasteiger charge is -2.29. The van der Waals surface area contributed by atoms with Gasteiger partial charge in [-0.15, -0.1) is 11.6 Å². The van der Waals surface area contributed by atoms with E-state index in [0.717, 1.165) is 22.4 Å². The van der Waals surface area contributed by atoms with Gasteiger partial charge in [0.05, 0.1) is 16.4 Å². The Kier molecular flexibility index (Phi) is 4.33. The second-order valence-corrected chi connectivity index (χ2v) is 7.94. The number of rotatable bonds is 4. The summed E-state index contributed by atoms with van der Waals surface area (Å²) >= 11 is 9.93. The highest BCUT2D eigenvalue weighted by Crippen LogP contribution is 2.43. The first-order valence-corrected chi connectivity index (χ1v) is 9.07. The van der Waals surface area contributed by atoms with E-state index in [-0.39, 0.29) is 5.38 Å². The Morgan fingerprint density at radius 1 is 1.38 bits per heavy atom. The van der Waals surface area contributed by atoms with Gasteiger partial charge in [0, 0.05) is 11.0 Å². The maximum atomic E-state index is 6.40. The van der Waals surface area contributed by atoms with Crippen molar-refractivity contribution in [1.82, 2.24) is 9.55 Å². The lowest BCUT2D eigenvalue weighted by atomic mass is 9.83. The van der Waals surface area contributed by atoms with E-state index in [1.54, 1.807) is 0 Å². The fraction of sp³-hybridized carbons (Fsp3) is 0.588. The molecule has 0 radical (unpaired) electrons. The molecular formula is C17H22BrClN2. The van der Waals surface area contributed by atoms with Gasteiger partial charge in [0.25, 0.3) is 0 Å². The van der Waals surface area contributed by atoms with Gasteiger partial charge < -0.3 is 4.57 Å². The minimum Gasteiger partial charge on any atom is -0.326 e. The summed E-state index contributed by atoms with van der Waals surface area (Å²) in [6.45, 7) is 5.39. The van der Waals surface area contributed by atoms with Crippen molar-refractivity contribution in [2.45, 2.75) is 57.9 Å². The van der Waals surface area contributed by atoms with Crippen molar-refractivity contribution in [2.75, 3.05) is 0 Å². The molecule has 1 unspecified atom stereocenters. The molecule has 0 spiro atoms. The fourth-order valence-corrected chi connectivity index (χ4v) is 4.19. The lowest BCUT2D eigenvalue weighted by Crippen LogP contribution is -2.24. The van der Waals surface area contributed by atoms with Crippen LogP contribution in [-0.2, 0) is 6.54 Å². The Morgan fingerprint density at radius 2 is 2.10 bits per heavy atom. The van der Waals surface area contributed by atoms with Crippen molar-refractivity contribution in [3.05, 3.63) is 28.5 Å². The van der Waals surface area contributed by atoms with Crippen molar-refractivity contribution in [3.8, 4) is 0 Å². The quantitative estimate of drug-likeness (QED) is 0.598. The molecule has 1 aromatic carbocycles. The zero-order valence-electron chi connectivity index (χ0n) is 12.7. The van der Waals surface area contributed by atoms with Crippen LogP contribution in [0.3, 0.4) is 0 Å². The predicted octanol–water partition coefficient (Wildman–Crippen LogP) is 6.07. The van der Waals surface area contributed by atoms with Crippen molar-refractivity contribution >= 4 is 38.6 Å². The zero-order valence-corrected chi connectivity index (χ0v) is 15.0. The Morgan fingerprint density at radius 3 is 2.71 bits per heavy atom. The predicted molar refractivity (Wildman–Crippen MR) is 92.9 cm³/mol. The molecule has 0 saturated heterocycles. The lowest BCUT2D eigenvalue weighted by molar-refractivity contribution is 0.237. The van der Waals surface area contributed by atoms with Gasteiger partial charge in [0.2, 0.25) is 0 Å². The highest BCUT2D eigenvalue weighted by atomic mass is 79.9. The van der Waals surface area contributed by atoms with Gasteiger partial charge in [0.15, 0.2) is 0 Å². The molecule has 0 bridgehead atoms. The molecule has 1 aliphatic carbocycles. The summed E-state index contributed by atoms with van der Waals surface area (Å²) in [7, 11) is 0. The Balaban J connectivity index is 2.09. The molecule has 114 valence electrons. The zero-order chi connectivity index (χ0) is 15.0. The standard InChI is InChI=1S/C17H22BrClN2/c1-3-17(8-4-5-9-17)11-21-15-7-6-13(18)10-14(15)20-16(21)12(2)19/h6-7,10,12H,3-5,8-9,11H2,1-2H3. The number of benzene rings is 1. The van der Waals surface area contributed by atoms with E-state index in [1.165, 1.54) is 37.6 Å². The molecule has 2 nitrogen and oxygen atoms in total. The molecule has 1 aliphatic rings. The van der Waals surface area contributed by atoms with Crippen LogP contribution in [0, 0.1) is 5.41 Å². The van der Waals surface area contributed by atoms with E-state index in [0.29, 0.717) is 5.41 Å². The summed E-state index contributed by atoms with van der Waals surface area (Å²) in [5.74, 6) is 1.00. The number of nitrogens with zero attached hydrogens (tertiary/aromatic N) is 2. The molecule has 1 aromatic heterocycles. The van der Waals surface area contributed by atoms with Gasteiger partial charge in [-0.1, -0.05) is 35.7 Å². The van der Waals surface area contributed by atoms with Crippen molar-refractivity contribution in [2.24, 2.45) is 5.41 Å². The van der Waals surface area contributed by atoms with E-state index in [9.17, 15) is 0 Å². The van der Waals surface area contributed by atoms with Crippen LogP contribution in [0.25, 0.3) is 11.0 Å². The summed E-state index contributed by atoms with van der Waals surface area (Å²) in [4.78, 5) is 4.78. The van der Waals surface area contributed by atoms with Crippen molar-refractivity contribution < 1.29 is 0 Å². The van der Waals surface area contributed by atoms with E-state index in [4.69, 9.17) is 16.6 Å². The summed E-state index contributed by atoms with van der Waals surface area (Å²) < 4.78 is 3.44. The van der Waals surface area contributed by atoms with Crippen molar-refractivity contribution in [1.29, 1.82) is 0 Å². The van der Waals surface area contributed by atoms with Crippen LogP contribution in [0.1, 0.15) is 57.2 Å². The normalized spacial score (nSPS) is 19.2. The molecule has 4 heteroatoms. The van der Waals surface area contributed by atoms with Gasteiger partial charge >= 0.3 is 0 Å². The van der Waals surface area contributed by atoms with E-state index >= 15 is 0 Å². The molecule has 21 heavy (non-hydrogen) atoms. The fourth-order valence-electron chi connectivity index (χ4n) is 3.68. The van der Waals surface area contributed by atoms with Crippen LogP contribution < -0.4 is 0 Å². The highest BCUT2D eigenvalue weighted by molar-refractivity contribution is 9.10. The van der Waals surface area contributed by atoms with E-state index < -0.39 is 0 Å². The summed E-state index contributed by atoms with van der Waals surface area (Å²) in [6, 6.07) is 6.34. The molecule has 0 N–H and O–H groups in total. The van der Waals surface area contributed by atoms with Crippen LogP contribution in [0.4, 0.5) is 0 Å². The Labute approximate surface area is 140 Å². The average molecular weight is 370 g/mol. The second kappa shape index (κ2) is 5.92. The largest absolute Gasteiger partial charge is 0.326 e. The number of alkyl halides is 1. The molecule has 0 amide bonds. The smallest absolute Gasteiger partial charge is 0.127 e. The monoisotopic (exact) mass is 368 g/mol. The topological polar surface area (TPSA) is 17.8 Å². The number of halogens is 2. The Bertz CT molecular complexity index is 642. The average Bonchev–Trinajstić information content (AvgIpc) is 3.05. The second-order valence-electron chi connectivity index (χ2n) is 6.37. The molecular weight excluding hydrogens is 348 g/mol. The number of aromatic nitrogens is 2. The highest BCUT2D eigenvalue weighted by Gasteiger charge is 2.33. The molecule has 0 aliphatic heterocycles. The van der Waals surface area contributed by atoms with Gasteiger partial charge in [0.1, 0.15) is 5.82 Å². The van der Waals surface area contributed by atoms with Gasteiger partial charge in [-0.25, -0.2) is 4.98 Å². The Hall–Kier alpha value is -0.540. The van der Waals surface area contributed by atoms with Gasteiger partial charge in [-0.05, 0) is 49.8 Å². The minimum atomic E-state index is -0.0634. The summed E-state index contributed by atoms with van der Waals surface area (Å²) in [5, 5.41) is -0.0634. The number of hydrogen-bond acceptors (Lipinski definition) is 1. The maximum Gasteiger partial charge on any atom is 0.127 e. The number of fused-ring (bicyclic) bond motifs is 1. The molecule has 1 atom stereocenters. The molecule has 1 heterocycles. The van der Waals surface area contributed by atoms with Crippen LogP contribution in [0.2, 0.25) is 0 Å². The van der Waals surface area contributed by atoms with Crippen LogP contribution in [0.15, 0.2) is 22.7 Å².